The van der Waals surface area contributed by atoms with Crippen LogP contribution in [-0.2, 0) is 4.79 Å². The van der Waals surface area contributed by atoms with Gasteiger partial charge in [-0.15, -0.1) is 0 Å². The lowest BCUT2D eigenvalue weighted by Crippen LogP contribution is -2.34. The number of nitrogens with zero attached hydrogens (tertiary/aromatic N) is 1. The molecule has 1 rings (SSSR count). The molecule has 0 aromatic heterocycles. The maximum atomic E-state index is 13.5. The van der Waals surface area contributed by atoms with Gasteiger partial charge in [0.1, 0.15) is 5.82 Å². The summed E-state index contributed by atoms with van der Waals surface area (Å²) < 4.78 is 13.5. The Hall–Kier alpha value is -2.11. The fraction of sp³-hybridized carbons (Fsp3) is 0.333. The molecule has 0 heterocycles. The molecule has 0 spiro atoms. The lowest BCUT2D eigenvalue weighted by atomic mass is 10.0. The number of amides is 1. The van der Waals surface area contributed by atoms with E-state index in [1.165, 1.54) is 6.07 Å². The number of nitrogens with two attached hydrogens (primary N) is 1. The minimum atomic E-state index is -0.783. The second-order valence-corrected chi connectivity index (χ2v) is 3.91. The van der Waals surface area contributed by atoms with E-state index >= 15 is 0 Å². The van der Waals surface area contributed by atoms with Crippen molar-refractivity contribution in [2.75, 3.05) is 5.32 Å². The van der Waals surface area contributed by atoms with Gasteiger partial charge in [0.25, 0.3) is 0 Å². The predicted octanol–water partition coefficient (Wildman–Crippen LogP) is 1.85. The van der Waals surface area contributed by atoms with Crippen LogP contribution in [0.25, 0.3) is 0 Å². The molecule has 0 saturated heterocycles. The Balaban J connectivity index is 2.94. The van der Waals surface area contributed by atoms with Gasteiger partial charge in [-0.1, -0.05) is 24.2 Å². The highest BCUT2D eigenvalue weighted by molar-refractivity contribution is 6.07. The summed E-state index contributed by atoms with van der Waals surface area (Å²) >= 11 is 0. The van der Waals surface area contributed by atoms with E-state index in [-0.39, 0.29) is 11.5 Å². The smallest absolute Gasteiger partial charge is 0.235 e. The molecule has 18 heavy (non-hydrogen) atoms. The predicted molar refractivity (Wildman–Crippen MR) is 67.0 cm³/mol. The van der Waals surface area contributed by atoms with Crippen molar-refractivity contribution in [3.8, 4) is 0 Å². The van der Waals surface area contributed by atoms with Crippen LogP contribution in [-0.4, -0.2) is 17.0 Å². The summed E-state index contributed by atoms with van der Waals surface area (Å²) in [5.41, 5.74) is 6.13. The molecule has 1 aromatic carbocycles. The maximum absolute atomic E-state index is 13.5. The third-order valence-corrected chi connectivity index (χ3v) is 2.67. The minimum absolute atomic E-state index is 0.117. The van der Waals surface area contributed by atoms with Crippen molar-refractivity contribution in [2.45, 2.75) is 20.3 Å². The molecular formula is C12H16FN3O2. The van der Waals surface area contributed by atoms with Crippen LogP contribution in [0.15, 0.2) is 23.4 Å². The summed E-state index contributed by atoms with van der Waals surface area (Å²) in [6, 6.07) is 4.50. The number of aryl methyl sites for hydroxylation is 1. The van der Waals surface area contributed by atoms with Crippen LogP contribution in [0.2, 0.25) is 0 Å². The molecule has 0 saturated carbocycles. The van der Waals surface area contributed by atoms with Gasteiger partial charge in [0.15, 0.2) is 5.84 Å². The number of halogens is 1. The summed E-state index contributed by atoms with van der Waals surface area (Å²) in [6.45, 7) is 3.40. The number of hydrogen-bond donors (Lipinski definition) is 3. The molecule has 0 fully saturated rings. The molecule has 0 aliphatic carbocycles. The third kappa shape index (κ3) is 2.97. The van der Waals surface area contributed by atoms with Crippen LogP contribution >= 0.6 is 0 Å². The highest BCUT2D eigenvalue weighted by Crippen LogP contribution is 2.20. The van der Waals surface area contributed by atoms with Gasteiger partial charge in [-0.2, -0.15) is 0 Å². The minimum Gasteiger partial charge on any atom is -0.409 e. The molecular weight excluding hydrogens is 237 g/mol. The summed E-state index contributed by atoms with van der Waals surface area (Å²) in [6.07, 6.45) is 0.356. The van der Waals surface area contributed by atoms with Crippen LogP contribution in [0.1, 0.15) is 18.9 Å². The number of anilines is 1. The largest absolute Gasteiger partial charge is 0.409 e. The van der Waals surface area contributed by atoms with Gasteiger partial charge in [0, 0.05) is 0 Å². The number of amidine groups is 1. The van der Waals surface area contributed by atoms with E-state index in [0.717, 1.165) is 0 Å². The number of hydrogen-bond acceptors (Lipinski definition) is 3. The van der Waals surface area contributed by atoms with E-state index in [0.29, 0.717) is 12.0 Å². The zero-order chi connectivity index (χ0) is 13.7. The second-order valence-electron chi connectivity index (χ2n) is 3.91. The fourth-order valence-corrected chi connectivity index (χ4v) is 1.60. The van der Waals surface area contributed by atoms with Gasteiger partial charge in [-0.05, 0) is 25.0 Å². The highest BCUT2D eigenvalue weighted by atomic mass is 19.1. The molecule has 1 unspecified atom stereocenters. The van der Waals surface area contributed by atoms with Crippen molar-refractivity contribution in [3.63, 3.8) is 0 Å². The Kier molecular flexibility index (Phi) is 4.65. The summed E-state index contributed by atoms with van der Waals surface area (Å²) in [5.74, 6) is -1.99. The molecule has 4 N–H and O–H groups in total. The lowest BCUT2D eigenvalue weighted by Gasteiger charge is -2.15. The van der Waals surface area contributed by atoms with Crippen LogP contribution in [0, 0.1) is 18.7 Å². The topological polar surface area (TPSA) is 87.7 Å². The Morgan fingerprint density at radius 3 is 2.78 bits per heavy atom. The van der Waals surface area contributed by atoms with Crippen molar-refractivity contribution < 1.29 is 14.4 Å². The second kappa shape index (κ2) is 6.00. The molecule has 0 radical (unpaired) electrons. The van der Waals surface area contributed by atoms with Crippen molar-refractivity contribution in [1.29, 1.82) is 0 Å². The number of carbonyl (C=O) groups is 1. The Morgan fingerprint density at radius 2 is 2.28 bits per heavy atom. The quantitative estimate of drug-likeness (QED) is 0.331. The average molecular weight is 253 g/mol. The number of carbonyl (C=O) groups excluding carboxylic acids is 1. The van der Waals surface area contributed by atoms with E-state index in [2.05, 4.69) is 10.5 Å². The monoisotopic (exact) mass is 253 g/mol. The van der Waals surface area contributed by atoms with E-state index < -0.39 is 17.6 Å². The standard InChI is InChI=1S/C12H16FN3O2/c1-3-8(11(14)16-18)12(17)15-10-7(2)5-4-6-9(10)13/h4-6,8,18H,3H2,1-2H3,(H2,14,16)(H,15,17). The molecule has 0 aliphatic heterocycles. The molecule has 98 valence electrons. The van der Waals surface area contributed by atoms with E-state index in [4.69, 9.17) is 10.9 Å². The van der Waals surface area contributed by atoms with Crippen LogP contribution < -0.4 is 11.1 Å². The molecule has 6 heteroatoms. The highest BCUT2D eigenvalue weighted by Gasteiger charge is 2.22. The van der Waals surface area contributed by atoms with Crippen molar-refractivity contribution in [2.24, 2.45) is 16.8 Å². The molecule has 1 atom stereocenters. The van der Waals surface area contributed by atoms with Gasteiger partial charge >= 0.3 is 0 Å². The van der Waals surface area contributed by atoms with E-state index in [1.807, 2.05) is 0 Å². The number of nitrogens with one attached hydrogen (secondary N) is 1. The summed E-state index contributed by atoms with van der Waals surface area (Å²) in [7, 11) is 0. The normalized spacial score (nSPS) is 13.2. The zero-order valence-corrected chi connectivity index (χ0v) is 10.3. The SMILES string of the molecule is CCC(C(=O)Nc1c(C)cccc1F)/C(N)=N/O. The summed E-state index contributed by atoms with van der Waals surface area (Å²) in [5, 5.41) is 13.8. The van der Waals surface area contributed by atoms with Crippen molar-refractivity contribution in [3.05, 3.63) is 29.6 Å². The first-order chi connectivity index (χ1) is 8.51. The number of benzene rings is 1. The molecule has 5 nitrogen and oxygen atoms in total. The zero-order valence-electron chi connectivity index (χ0n) is 10.3. The lowest BCUT2D eigenvalue weighted by molar-refractivity contribution is -0.118. The third-order valence-electron chi connectivity index (χ3n) is 2.67. The van der Waals surface area contributed by atoms with Gasteiger partial charge in [0.2, 0.25) is 5.91 Å². The Labute approximate surface area is 104 Å². The first kappa shape index (κ1) is 14.0. The van der Waals surface area contributed by atoms with Gasteiger partial charge in [-0.25, -0.2) is 4.39 Å². The number of oxime groups is 1. The molecule has 1 aromatic rings. The Bertz CT molecular complexity index is 454. The molecule has 0 aliphatic rings. The van der Waals surface area contributed by atoms with E-state index in [1.54, 1.807) is 26.0 Å². The Morgan fingerprint density at radius 1 is 1.61 bits per heavy atom. The number of para-hydroxylation sites is 1. The first-order valence-corrected chi connectivity index (χ1v) is 5.54. The van der Waals surface area contributed by atoms with Gasteiger partial charge < -0.3 is 16.3 Å². The number of rotatable bonds is 4. The van der Waals surface area contributed by atoms with Gasteiger partial charge in [-0.3, -0.25) is 4.79 Å². The van der Waals surface area contributed by atoms with Gasteiger partial charge in [0.05, 0.1) is 11.6 Å². The van der Waals surface area contributed by atoms with Crippen molar-refractivity contribution in [1.82, 2.24) is 0 Å². The maximum Gasteiger partial charge on any atom is 0.235 e. The van der Waals surface area contributed by atoms with E-state index in [9.17, 15) is 9.18 Å². The first-order valence-electron chi connectivity index (χ1n) is 5.54. The summed E-state index contributed by atoms with van der Waals surface area (Å²) in [4.78, 5) is 11.9. The van der Waals surface area contributed by atoms with Crippen LogP contribution in [0.4, 0.5) is 10.1 Å². The molecule has 0 bridgehead atoms. The van der Waals surface area contributed by atoms with Crippen molar-refractivity contribution >= 4 is 17.4 Å². The van der Waals surface area contributed by atoms with Crippen LogP contribution in [0.5, 0.6) is 0 Å². The molecule has 1 amide bonds. The average Bonchev–Trinajstić information content (AvgIpc) is 2.34. The van der Waals surface area contributed by atoms with Crippen LogP contribution in [0.3, 0.4) is 0 Å². The fourth-order valence-electron chi connectivity index (χ4n) is 1.60.